The number of imide groups is 1. The molecule has 2 amide bonds. The number of thioether (sulfide) groups is 1. The average Bonchev–Trinajstić information content (AvgIpc) is 3.11. The first-order chi connectivity index (χ1) is 16.9. The Morgan fingerprint density at radius 2 is 1.77 bits per heavy atom. The van der Waals surface area contributed by atoms with Gasteiger partial charge in [0.15, 0.2) is 11.5 Å². The summed E-state index contributed by atoms with van der Waals surface area (Å²) < 4.78 is 17.2. The summed E-state index contributed by atoms with van der Waals surface area (Å²) in [5, 5.41) is 0.282. The molecule has 0 saturated carbocycles. The van der Waals surface area contributed by atoms with Crippen LogP contribution >= 0.6 is 23.4 Å². The second-order valence-corrected chi connectivity index (χ2v) is 9.22. The summed E-state index contributed by atoms with van der Waals surface area (Å²) in [5.74, 6) is 1.32. The quantitative estimate of drug-likeness (QED) is 0.313. The fraction of sp³-hybridized carbons (Fsp3) is 0.185. The normalized spacial score (nSPS) is 14.5. The Kier molecular flexibility index (Phi) is 8.00. The molecule has 0 atom stereocenters. The van der Waals surface area contributed by atoms with Crippen molar-refractivity contribution >= 4 is 40.6 Å². The largest absolute Gasteiger partial charge is 0.493 e. The van der Waals surface area contributed by atoms with Crippen LogP contribution in [0.1, 0.15) is 16.7 Å². The highest BCUT2D eigenvalue weighted by Crippen LogP contribution is 2.37. The zero-order valence-electron chi connectivity index (χ0n) is 19.3. The molecule has 0 bridgehead atoms. The lowest BCUT2D eigenvalue weighted by Crippen LogP contribution is -2.32. The molecule has 3 aromatic rings. The fourth-order valence-electron chi connectivity index (χ4n) is 3.47. The summed E-state index contributed by atoms with van der Waals surface area (Å²) >= 11 is 6.97. The second kappa shape index (κ2) is 11.3. The van der Waals surface area contributed by atoms with Crippen molar-refractivity contribution in [1.82, 2.24) is 4.90 Å². The van der Waals surface area contributed by atoms with E-state index in [1.54, 1.807) is 31.4 Å². The lowest BCUT2D eigenvalue weighted by atomic mass is 10.1. The molecular weight excluding hydrogens is 486 g/mol. The van der Waals surface area contributed by atoms with Crippen molar-refractivity contribution in [3.05, 3.63) is 93.3 Å². The highest BCUT2D eigenvalue weighted by molar-refractivity contribution is 8.18. The maximum absolute atomic E-state index is 13.0. The monoisotopic (exact) mass is 509 g/mol. The number of amides is 2. The molecule has 8 heteroatoms. The van der Waals surface area contributed by atoms with E-state index in [0.29, 0.717) is 32.7 Å². The molecular formula is C27H24ClNO5S. The minimum Gasteiger partial charge on any atom is -0.493 e. The molecule has 0 N–H and O–H groups in total. The van der Waals surface area contributed by atoms with Crippen LogP contribution in [-0.4, -0.2) is 36.3 Å². The van der Waals surface area contributed by atoms with Gasteiger partial charge in [0, 0.05) is 10.6 Å². The molecule has 35 heavy (non-hydrogen) atoms. The minimum atomic E-state index is -0.365. The molecule has 0 unspecified atom stereocenters. The van der Waals surface area contributed by atoms with Gasteiger partial charge in [0.1, 0.15) is 19.0 Å². The number of aryl methyl sites for hydroxylation is 1. The summed E-state index contributed by atoms with van der Waals surface area (Å²) in [6, 6.07) is 20.4. The van der Waals surface area contributed by atoms with Crippen molar-refractivity contribution in [2.24, 2.45) is 0 Å². The summed E-state index contributed by atoms with van der Waals surface area (Å²) in [7, 11) is 1.55. The number of carbonyl (C=O) groups is 2. The van der Waals surface area contributed by atoms with Crippen molar-refractivity contribution in [3.63, 3.8) is 0 Å². The van der Waals surface area contributed by atoms with Crippen LogP contribution in [-0.2, 0) is 11.4 Å². The standard InChI is InChI=1S/C27H24ClNO5S/c1-18-9-11-22(12-10-18)33-14-13-29-26(30)24(35-27(29)31)16-20-6-4-8-23(32-2)25(20)34-17-19-5-3-7-21(28)15-19/h3-12,15-16H,13-14,17H2,1-2H3/b24-16-. The molecule has 0 spiro atoms. The maximum Gasteiger partial charge on any atom is 0.293 e. The van der Waals surface area contributed by atoms with E-state index < -0.39 is 0 Å². The molecule has 0 aromatic heterocycles. The topological polar surface area (TPSA) is 65.1 Å². The first kappa shape index (κ1) is 24.7. The minimum absolute atomic E-state index is 0.159. The molecule has 4 rings (SSSR count). The van der Waals surface area contributed by atoms with Crippen molar-refractivity contribution in [3.8, 4) is 17.2 Å². The Bertz CT molecular complexity index is 1260. The Labute approximate surface area is 213 Å². The number of para-hydroxylation sites is 1. The molecule has 0 radical (unpaired) electrons. The van der Waals surface area contributed by atoms with E-state index >= 15 is 0 Å². The van der Waals surface area contributed by atoms with Crippen LogP contribution in [0.3, 0.4) is 0 Å². The Morgan fingerprint density at radius 1 is 1.00 bits per heavy atom. The van der Waals surface area contributed by atoms with Gasteiger partial charge in [-0.2, -0.15) is 0 Å². The van der Waals surface area contributed by atoms with E-state index in [2.05, 4.69) is 0 Å². The zero-order chi connectivity index (χ0) is 24.8. The fourth-order valence-corrected chi connectivity index (χ4v) is 4.54. The number of benzene rings is 3. The third-order valence-electron chi connectivity index (χ3n) is 5.27. The first-order valence-electron chi connectivity index (χ1n) is 10.9. The van der Waals surface area contributed by atoms with Crippen LogP contribution in [0.15, 0.2) is 71.6 Å². The lowest BCUT2D eigenvalue weighted by Gasteiger charge is -2.14. The molecule has 0 aliphatic carbocycles. The van der Waals surface area contributed by atoms with E-state index in [0.717, 1.165) is 22.9 Å². The van der Waals surface area contributed by atoms with E-state index in [9.17, 15) is 9.59 Å². The van der Waals surface area contributed by atoms with Crippen LogP contribution in [0.2, 0.25) is 5.02 Å². The Hall–Kier alpha value is -3.42. The van der Waals surface area contributed by atoms with Crippen molar-refractivity contribution in [2.75, 3.05) is 20.3 Å². The highest BCUT2D eigenvalue weighted by Gasteiger charge is 2.35. The third-order valence-corrected chi connectivity index (χ3v) is 6.41. The number of hydrogen-bond donors (Lipinski definition) is 0. The zero-order valence-corrected chi connectivity index (χ0v) is 20.9. The van der Waals surface area contributed by atoms with Gasteiger partial charge in [0.2, 0.25) is 0 Å². The number of hydrogen-bond acceptors (Lipinski definition) is 6. The number of nitrogens with zero attached hydrogens (tertiary/aromatic N) is 1. The van der Waals surface area contributed by atoms with Crippen molar-refractivity contribution in [1.29, 1.82) is 0 Å². The third kappa shape index (κ3) is 6.18. The summed E-state index contributed by atoms with van der Waals surface area (Å²) in [6.45, 7) is 2.62. The van der Waals surface area contributed by atoms with Crippen LogP contribution in [0.25, 0.3) is 6.08 Å². The summed E-state index contributed by atoms with van der Waals surface area (Å²) in [4.78, 5) is 27.0. The number of carbonyl (C=O) groups excluding carboxylic acids is 2. The Balaban J connectivity index is 1.47. The lowest BCUT2D eigenvalue weighted by molar-refractivity contribution is -0.123. The van der Waals surface area contributed by atoms with E-state index in [1.165, 1.54) is 4.90 Å². The van der Waals surface area contributed by atoms with Crippen molar-refractivity contribution in [2.45, 2.75) is 13.5 Å². The molecule has 3 aromatic carbocycles. The van der Waals surface area contributed by atoms with Crippen LogP contribution in [0.5, 0.6) is 17.2 Å². The SMILES string of the molecule is COc1cccc(/C=C2\SC(=O)N(CCOc3ccc(C)cc3)C2=O)c1OCc1cccc(Cl)c1. The van der Waals surface area contributed by atoms with Gasteiger partial charge in [-0.15, -0.1) is 0 Å². The molecule has 1 saturated heterocycles. The van der Waals surface area contributed by atoms with Gasteiger partial charge >= 0.3 is 0 Å². The van der Waals surface area contributed by atoms with Gasteiger partial charge in [-0.05, 0) is 60.7 Å². The van der Waals surface area contributed by atoms with Crippen LogP contribution in [0.4, 0.5) is 4.79 Å². The molecule has 1 aliphatic rings. The van der Waals surface area contributed by atoms with Crippen molar-refractivity contribution < 1.29 is 23.8 Å². The molecule has 180 valence electrons. The summed E-state index contributed by atoms with van der Waals surface area (Å²) in [5.41, 5.74) is 2.65. The number of methoxy groups -OCH3 is 1. The van der Waals surface area contributed by atoms with Gasteiger partial charge in [0.05, 0.1) is 18.6 Å². The number of rotatable bonds is 9. The Morgan fingerprint density at radius 3 is 2.51 bits per heavy atom. The predicted octanol–water partition coefficient (Wildman–Crippen LogP) is 6.35. The highest BCUT2D eigenvalue weighted by atomic mass is 35.5. The first-order valence-corrected chi connectivity index (χ1v) is 12.1. The molecule has 1 heterocycles. The van der Waals surface area contributed by atoms with Gasteiger partial charge in [-0.1, -0.05) is 53.6 Å². The van der Waals surface area contributed by atoms with Gasteiger partial charge < -0.3 is 14.2 Å². The van der Waals surface area contributed by atoms with Gasteiger partial charge in [-0.3, -0.25) is 14.5 Å². The van der Waals surface area contributed by atoms with Crippen LogP contribution in [0, 0.1) is 6.92 Å². The molecule has 1 aliphatic heterocycles. The molecule has 6 nitrogen and oxygen atoms in total. The number of halogens is 1. The van der Waals surface area contributed by atoms with Gasteiger partial charge in [-0.25, -0.2) is 0 Å². The number of ether oxygens (including phenoxy) is 3. The average molecular weight is 510 g/mol. The smallest absolute Gasteiger partial charge is 0.293 e. The van der Waals surface area contributed by atoms with E-state index in [1.807, 2.05) is 55.5 Å². The second-order valence-electron chi connectivity index (χ2n) is 7.79. The predicted molar refractivity (Wildman–Crippen MR) is 138 cm³/mol. The van der Waals surface area contributed by atoms with E-state index in [4.69, 9.17) is 25.8 Å². The molecule has 1 fully saturated rings. The summed E-state index contributed by atoms with van der Waals surface area (Å²) in [6.07, 6.45) is 1.65. The maximum atomic E-state index is 13.0. The van der Waals surface area contributed by atoms with E-state index in [-0.39, 0.29) is 30.9 Å². The van der Waals surface area contributed by atoms with Gasteiger partial charge in [0.25, 0.3) is 11.1 Å². The van der Waals surface area contributed by atoms with Crippen LogP contribution < -0.4 is 14.2 Å².